The van der Waals surface area contributed by atoms with E-state index >= 15 is 0 Å². The number of hydrogen-bond acceptors (Lipinski definition) is 4. The van der Waals surface area contributed by atoms with Crippen LogP contribution in [0.1, 0.15) is 29.7 Å². The van der Waals surface area contributed by atoms with Crippen LogP contribution in [0.15, 0.2) is 42.5 Å². The first-order chi connectivity index (χ1) is 14.3. The molecule has 0 radical (unpaired) electrons. The molecule has 3 atom stereocenters. The molecule has 2 N–H and O–H groups in total. The van der Waals surface area contributed by atoms with Crippen molar-refractivity contribution in [2.24, 2.45) is 5.92 Å². The predicted octanol–water partition coefficient (Wildman–Crippen LogP) is 3.54. The van der Waals surface area contributed by atoms with Crippen LogP contribution in [0, 0.1) is 19.8 Å². The van der Waals surface area contributed by atoms with E-state index in [0.717, 1.165) is 28.1 Å². The second kappa shape index (κ2) is 7.89. The molecule has 2 aliphatic rings. The minimum absolute atomic E-state index is 0.110. The average Bonchev–Trinajstić information content (AvgIpc) is 2.69. The third kappa shape index (κ3) is 3.42. The molecule has 0 unspecified atom stereocenters. The molecule has 2 heterocycles. The Hall–Kier alpha value is -2.64. The first-order valence-corrected chi connectivity index (χ1v) is 10.5. The number of carbonyl (C=O) groups is 1. The number of fused-ring (bicyclic) bond motifs is 4. The summed E-state index contributed by atoms with van der Waals surface area (Å²) >= 11 is 5.65. The molecule has 0 aromatic heterocycles. The summed E-state index contributed by atoms with van der Waals surface area (Å²) in [6.45, 7) is 6.95. The molecule has 0 aliphatic carbocycles. The van der Waals surface area contributed by atoms with Gasteiger partial charge in [0.15, 0.2) is 10.8 Å². The third-order valence-electron chi connectivity index (χ3n) is 5.98. The molecule has 4 rings (SSSR count). The van der Waals surface area contributed by atoms with Crippen molar-refractivity contribution in [1.82, 2.24) is 10.2 Å². The summed E-state index contributed by atoms with van der Waals surface area (Å²) in [6.07, 6.45) is 0. The van der Waals surface area contributed by atoms with Crippen molar-refractivity contribution in [3.05, 3.63) is 59.2 Å². The van der Waals surface area contributed by atoms with Crippen molar-refractivity contribution in [2.75, 3.05) is 25.6 Å². The number of aryl methyl sites for hydroxylation is 2. The second-order valence-electron chi connectivity index (χ2n) is 8.05. The van der Waals surface area contributed by atoms with Crippen LogP contribution < -0.4 is 15.4 Å². The Morgan fingerprint density at radius 1 is 1.30 bits per heavy atom. The number of nitrogens with one attached hydrogen (secondary N) is 2. The summed E-state index contributed by atoms with van der Waals surface area (Å²) in [6, 6.07) is 13.5. The summed E-state index contributed by atoms with van der Waals surface area (Å²) in [5.74, 6) is 0.135. The van der Waals surface area contributed by atoms with Crippen LogP contribution in [-0.2, 0) is 9.53 Å². The number of carbonyl (C=O) groups excluding carboxylic acids is 1. The van der Waals surface area contributed by atoms with E-state index in [1.54, 1.807) is 7.11 Å². The molecule has 2 bridgehead atoms. The summed E-state index contributed by atoms with van der Waals surface area (Å²) in [5.41, 5.74) is 2.97. The lowest BCUT2D eigenvalue weighted by Crippen LogP contribution is -2.72. The highest BCUT2D eigenvalue weighted by atomic mass is 32.1. The fourth-order valence-corrected chi connectivity index (χ4v) is 4.87. The van der Waals surface area contributed by atoms with E-state index in [4.69, 9.17) is 21.7 Å². The van der Waals surface area contributed by atoms with Gasteiger partial charge in [0, 0.05) is 24.9 Å². The smallest absolute Gasteiger partial charge is 0.236 e. The van der Waals surface area contributed by atoms with Gasteiger partial charge in [0.2, 0.25) is 5.91 Å². The number of rotatable bonds is 5. The molecule has 2 aromatic carbocycles. The van der Waals surface area contributed by atoms with Gasteiger partial charge >= 0.3 is 0 Å². The molecular weight excluding hydrogens is 398 g/mol. The zero-order valence-corrected chi connectivity index (χ0v) is 18.5. The highest BCUT2D eigenvalue weighted by molar-refractivity contribution is 7.80. The molecule has 7 heteroatoms. The highest BCUT2D eigenvalue weighted by Gasteiger charge is 2.58. The van der Waals surface area contributed by atoms with Gasteiger partial charge in [0.05, 0.1) is 12.6 Å². The zero-order chi connectivity index (χ0) is 21.5. The van der Waals surface area contributed by atoms with Crippen LogP contribution in [0.25, 0.3) is 0 Å². The molecule has 1 amide bonds. The van der Waals surface area contributed by atoms with E-state index in [1.165, 1.54) is 0 Å². The summed E-state index contributed by atoms with van der Waals surface area (Å²) in [7, 11) is 1.65. The fraction of sp³-hybridized carbons (Fsp3) is 0.391. The van der Waals surface area contributed by atoms with Crippen molar-refractivity contribution < 1.29 is 14.3 Å². The van der Waals surface area contributed by atoms with Crippen LogP contribution in [0.3, 0.4) is 0 Å². The Kier molecular flexibility index (Phi) is 5.42. The maximum atomic E-state index is 13.6. The first-order valence-electron chi connectivity index (χ1n) is 10.1. The highest BCUT2D eigenvalue weighted by Crippen LogP contribution is 2.48. The Morgan fingerprint density at radius 3 is 2.80 bits per heavy atom. The van der Waals surface area contributed by atoms with Crippen LogP contribution in [-0.4, -0.2) is 41.9 Å². The molecule has 1 fully saturated rings. The normalized spacial score (nSPS) is 24.5. The fourth-order valence-electron chi connectivity index (χ4n) is 4.47. The molecule has 6 nitrogen and oxygen atoms in total. The SMILES string of the molecule is COCCN1C(=S)N[C@H]2c3ccccc3O[C@@]1(C)[C@@H]2C(=O)Nc1ccc(C)cc1C. The zero-order valence-electron chi connectivity index (χ0n) is 17.7. The minimum Gasteiger partial charge on any atom is -0.467 e. The molecule has 0 saturated carbocycles. The molecule has 30 heavy (non-hydrogen) atoms. The second-order valence-corrected chi connectivity index (χ2v) is 8.44. The van der Waals surface area contributed by atoms with Gasteiger partial charge in [0.25, 0.3) is 0 Å². The average molecular weight is 426 g/mol. The van der Waals surface area contributed by atoms with Crippen molar-refractivity contribution in [3.63, 3.8) is 0 Å². The summed E-state index contributed by atoms with van der Waals surface area (Å²) < 4.78 is 11.8. The van der Waals surface area contributed by atoms with Gasteiger partial charge in [-0.05, 0) is 50.7 Å². The number of thiocarbonyl (C=S) groups is 1. The van der Waals surface area contributed by atoms with E-state index in [0.29, 0.717) is 18.3 Å². The van der Waals surface area contributed by atoms with E-state index in [1.807, 2.05) is 62.1 Å². The molecule has 2 aliphatic heterocycles. The molecular formula is C23H27N3O3S. The molecule has 0 spiro atoms. The van der Waals surface area contributed by atoms with Crippen LogP contribution in [0.2, 0.25) is 0 Å². The Bertz CT molecular complexity index is 995. The Balaban J connectivity index is 1.74. The van der Waals surface area contributed by atoms with E-state index in [9.17, 15) is 4.79 Å². The van der Waals surface area contributed by atoms with Crippen LogP contribution in [0.4, 0.5) is 5.69 Å². The standard InChI is InChI=1S/C23H27N3O3S/c1-14-9-10-17(15(2)13-14)24-21(27)19-20-16-7-5-6-8-18(16)29-23(19,3)26(11-12-28-4)22(30)25-20/h5-10,13,19-20H,11-12H2,1-4H3,(H,24,27)(H,25,30)/t19-,20-,23-/m0/s1. The van der Waals surface area contributed by atoms with Crippen molar-refractivity contribution in [2.45, 2.75) is 32.5 Å². The number of amides is 1. The number of hydrogen-bond donors (Lipinski definition) is 2. The van der Waals surface area contributed by atoms with Gasteiger partial charge in [-0.15, -0.1) is 0 Å². The van der Waals surface area contributed by atoms with Crippen molar-refractivity contribution >= 4 is 28.9 Å². The van der Waals surface area contributed by atoms with Gasteiger partial charge in [-0.1, -0.05) is 35.9 Å². The van der Waals surface area contributed by atoms with Crippen LogP contribution in [0.5, 0.6) is 5.75 Å². The van der Waals surface area contributed by atoms with Gasteiger partial charge in [0.1, 0.15) is 11.7 Å². The number of ether oxygens (including phenoxy) is 2. The topological polar surface area (TPSA) is 62.8 Å². The summed E-state index contributed by atoms with van der Waals surface area (Å²) in [5, 5.41) is 7.07. The van der Waals surface area contributed by atoms with Gasteiger partial charge < -0.3 is 25.0 Å². The molecule has 1 saturated heterocycles. The van der Waals surface area contributed by atoms with Gasteiger partial charge in [-0.2, -0.15) is 0 Å². The van der Waals surface area contributed by atoms with Crippen LogP contribution >= 0.6 is 12.2 Å². The largest absolute Gasteiger partial charge is 0.467 e. The van der Waals surface area contributed by atoms with Gasteiger partial charge in [-0.3, -0.25) is 4.79 Å². The number of anilines is 1. The quantitative estimate of drug-likeness (QED) is 0.715. The number of benzene rings is 2. The Morgan fingerprint density at radius 2 is 2.07 bits per heavy atom. The van der Waals surface area contributed by atoms with E-state index in [2.05, 4.69) is 16.7 Å². The van der Waals surface area contributed by atoms with E-state index < -0.39 is 11.6 Å². The predicted molar refractivity (Wildman–Crippen MR) is 121 cm³/mol. The van der Waals surface area contributed by atoms with Crippen molar-refractivity contribution in [3.8, 4) is 5.75 Å². The lowest BCUT2D eigenvalue weighted by Gasteiger charge is -2.56. The maximum absolute atomic E-state index is 13.6. The molecule has 158 valence electrons. The number of methoxy groups -OCH3 is 1. The first kappa shape index (κ1) is 20.6. The number of nitrogens with zero attached hydrogens (tertiary/aromatic N) is 1. The third-order valence-corrected chi connectivity index (χ3v) is 6.32. The lowest BCUT2D eigenvalue weighted by atomic mass is 9.78. The van der Waals surface area contributed by atoms with Crippen molar-refractivity contribution in [1.29, 1.82) is 0 Å². The summed E-state index contributed by atoms with van der Waals surface area (Å²) in [4.78, 5) is 15.5. The molecule has 2 aromatic rings. The lowest BCUT2D eigenvalue weighted by molar-refractivity contribution is -0.150. The maximum Gasteiger partial charge on any atom is 0.236 e. The minimum atomic E-state index is -0.942. The van der Waals surface area contributed by atoms with E-state index in [-0.39, 0.29) is 11.9 Å². The monoisotopic (exact) mass is 425 g/mol. The number of para-hydroxylation sites is 1. The Labute approximate surface area is 182 Å². The van der Waals surface area contributed by atoms with Gasteiger partial charge in [-0.25, -0.2) is 0 Å².